The van der Waals surface area contributed by atoms with Gasteiger partial charge in [-0.1, -0.05) is 36.4 Å². The van der Waals surface area contributed by atoms with E-state index in [0.717, 1.165) is 78.3 Å². The van der Waals surface area contributed by atoms with Crippen molar-refractivity contribution >= 4 is 55.8 Å². The number of nitrogens with one attached hydrogen (secondary N) is 4. The summed E-state index contributed by atoms with van der Waals surface area (Å²) in [5, 5.41) is 46.2. The molecule has 6 aromatic heterocycles. The Balaban J connectivity index is 0.000000157. The van der Waals surface area contributed by atoms with Crippen LogP contribution in [0.2, 0.25) is 0 Å². The molecule has 2 unspecified atom stereocenters. The number of rotatable bonds is 8. The van der Waals surface area contributed by atoms with E-state index < -0.39 is 12.2 Å². The highest BCUT2D eigenvalue weighted by Crippen LogP contribution is 2.34. The standard InChI is InChI=1S/2C18H19N5O2/c2*1-19-18-15-16(23(2)9-20-15)12-7-13(21-17(12)22-18)10-4-3-5-11(6-10)14(25)8-24/h2*3-7,9,14,24-25H,8H2,1-2H3,(H2,19,21,22). The van der Waals surface area contributed by atoms with Crippen molar-refractivity contribution in [2.24, 2.45) is 14.1 Å². The Morgan fingerprint density at radius 1 is 0.660 bits per heavy atom. The number of aromatic nitrogens is 8. The van der Waals surface area contributed by atoms with Crippen molar-refractivity contribution < 1.29 is 20.4 Å². The molecular formula is C36H38N10O4. The fraction of sp³-hybridized carbons (Fsp3) is 0.222. The number of H-pyrrole nitrogens is 2. The van der Waals surface area contributed by atoms with Gasteiger partial charge in [0, 0.05) is 50.4 Å². The number of imidazole rings is 2. The number of aliphatic hydroxyl groups is 4. The maximum absolute atomic E-state index is 9.87. The van der Waals surface area contributed by atoms with Crippen LogP contribution >= 0.6 is 0 Å². The van der Waals surface area contributed by atoms with Crippen molar-refractivity contribution in [1.29, 1.82) is 0 Å². The third-order valence-corrected chi connectivity index (χ3v) is 8.86. The molecule has 0 saturated heterocycles. The zero-order valence-electron chi connectivity index (χ0n) is 28.0. The van der Waals surface area contributed by atoms with Crippen LogP contribution in [-0.2, 0) is 14.1 Å². The van der Waals surface area contributed by atoms with Crippen LogP contribution in [0.1, 0.15) is 23.3 Å². The highest BCUT2D eigenvalue weighted by Gasteiger charge is 2.17. The molecule has 0 aliphatic heterocycles. The fourth-order valence-electron chi connectivity index (χ4n) is 6.29. The molecule has 6 heterocycles. The van der Waals surface area contributed by atoms with Crippen LogP contribution in [0.4, 0.5) is 11.6 Å². The van der Waals surface area contributed by atoms with Gasteiger partial charge in [-0.2, -0.15) is 0 Å². The first-order valence-corrected chi connectivity index (χ1v) is 16.1. The molecule has 14 nitrogen and oxygen atoms in total. The molecule has 0 saturated carbocycles. The molecule has 0 aliphatic rings. The lowest BCUT2D eigenvalue weighted by atomic mass is 10.0. The Morgan fingerprint density at radius 3 is 1.46 bits per heavy atom. The molecule has 0 bridgehead atoms. The largest absolute Gasteiger partial charge is 0.393 e. The number of fused-ring (bicyclic) bond motifs is 6. The number of aromatic amines is 2. The number of aryl methyl sites for hydroxylation is 2. The zero-order valence-corrected chi connectivity index (χ0v) is 28.0. The van der Waals surface area contributed by atoms with E-state index in [1.165, 1.54) is 0 Å². The first-order valence-electron chi connectivity index (χ1n) is 16.1. The van der Waals surface area contributed by atoms with Crippen LogP contribution in [-0.4, -0.2) is 86.8 Å². The summed E-state index contributed by atoms with van der Waals surface area (Å²) in [6.45, 7) is -0.613. The Hall–Kier alpha value is -5.80. The SMILES string of the molecule is CNc1nc2[nH]c(-c3cccc(C(O)CO)c3)cc2c2c1ncn2C.CNc1nc2[nH]c(-c3cccc(C(O)CO)c3)cc2c2c1ncn2C. The number of aliphatic hydroxyl groups excluding tert-OH is 4. The number of pyridine rings is 2. The lowest BCUT2D eigenvalue weighted by molar-refractivity contribution is 0.0956. The molecule has 2 atom stereocenters. The summed E-state index contributed by atoms with van der Waals surface area (Å²) in [7, 11) is 7.57. The first-order chi connectivity index (χ1) is 24.2. The van der Waals surface area contributed by atoms with E-state index in [-0.39, 0.29) is 13.2 Å². The van der Waals surface area contributed by atoms with E-state index in [1.807, 2.05) is 85.9 Å². The Labute approximate surface area is 286 Å². The number of benzene rings is 2. The molecule has 8 rings (SSSR count). The van der Waals surface area contributed by atoms with Crippen molar-refractivity contribution in [3.8, 4) is 22.5 Å². The third-order valence-electron chi connectivity index (χ3n) is 8.86. The second-order valence-electron chi connectivity index (χ2n) is 12.1. The minimum absolute atomic E-state index is 0.307. The van der Waals surface area contributed by atoms with Gasteiger partial charge in [0.05, 0.1) is 36.9 Å². The topological polar surface area (TPSA) is 198 Å². The van der Waals surface area contributed by atoms with Crippen molar-refractivity contribution in [3.63, 3.8) is 0 Å². The smallest absolute Gasteiger partial charge is 0.156 e. The summed E-state index contributed by atoms with van der Waals surface area (Å²) in [6.07, 6.45) is 1.78. The molecule has 0 spiro atoms. The molecule has 0 radical (unpaired) electrons. The van der Waals surface area contributed by atoms with Gasteiger partial charge in [-0.15, -0.1) is 0 Å². The summed E-state index contributed by atoms with van der Waals surface area (Å²) < 4.78 is 3.95. The van der Waals surface area contributed by atoms with E-state index in [1.54, 1.807) is 24.8 Å². The van der Waals surface area contributed by atoms with Crippen molar-refractivity contribution in [2.45, 2.75) is 12.2 Å². The highest BCUT2D eigenvalue weighted by atomic mass is 16.3. The normalized spacial score (nSPS) is 12.8. The summed E-state index contributed by atoms with van der Waals surface area (Å²) in [5.41, 5.74) is 10.2. The summed E-state index contributed by atoms with van der Waals surface area (Å²) in [5.74, 6) is 1.45. The lowest BCUT2D eigenvalue weighted by Crippen LogP contribution is -2.02. The van der Waals surface area contributed by atoms with Crippen molar-refractivity contribution in [3.05, 3.63) is 84.4 Å². The van der Waals surface area contributed by atoms with E-state index in [4.69, 9.17) is 10.2 Å². The summed E-state index contributed by atoms with van der Waals surface area (Å²) >= 11 is 0. The second kappa shape index (κ2) is 13.2. The molecule has 0 fully saturated rings. The molecule has 8 N–H and O–H groups in total. The Bertz CT molecular complexity index is 2300. The Kier molecular flexibility index (Phi) is 8.67. The van der Waals surface area contributed by atoms with Gasteiger partial charge in [-0.05, 0) is 46.5 Å². The van der Waals surface area contributed by atoms with Gasteiger partial charge in [0.25, 0.3) is 0 Å². The predicted octanol–water partition coefficient (Wildman–Crippen LogP) is 4.37. The maximum Gasteiger partial charge on any atom is 0.156 e. The van der Waals surface area contributed by atoms with Gasteiger partial charge in [0.1, 0.15) is 34.5 Å². The molecular weight excluding hydrogens is 636 g/mol. The molecule has 14 heteroatoms. The molecule has 8 aromatic rings. The number of nitrogens with zero attached hydrogens (tertiary/aromatic N) is 6. The van der Waals surface area contributed by atoms with E-state index in [0.29, 0.717) is 11.1 Å². The predicted molar refractivity (Wildman–Crippen MR) is 195 cm³/mol. The van der Waals surface area contributed by atoms with Crippen LogP contribution in [0.3, 0.4) is 0 Å². The van der Waals surface area contributed by atoms with Crippen LogP contribution in [0.25, 0.3) is 66.6 Å². The van der Waals surface area contributed by atoms with E-state index >= 15 is 0 Å². The van der Waals surface area contributed by atoms with Gasteiger partial charge < -0.3 is 50.2 Å². The lowest BCUT2D eigenvalue weighted by Gasteiger charge is -2.08. The summed E-state index contributed by atoms with van der Waals surface area (Å²) in [4.78, 5) is 24.8. The fourth-order valence-corrected chi connectivity index (χ4v) is 6.29. The van der Waals surface area contributed by atoms with Gasteiger partial charge in [-0.3, -0.25) is 0 Å². The van der Waals surface area contributed by atoms with Gasteiger partial charge in [-0.25, -0.2) is 19.9 Å². The second-order valence-corrected chi connectivity index (χ2v) is 12.1. The minimum atomic E-state index is -0.887. The molecule has 50 heavy (non-hydrogen) atoms. The van der Waals surface area contributed by atoms with E-state index in [2.05, 4.69) is 40.5 Å². The number of anilines is 2. The van der Waals surface area contributed by atoms with Crippen molar-refractivity contribution in [2.75, 3.05) is 37.9 Å². The molecule has 0 aliphatic carbocycles. The quantitative estimate of drug-likeness (QED) is 0.115. The minimum Gasteiger partial charge on any atom is -0.393 e. The highest BCUT2D eigenvalue weighted by molar-refractivity contribution is 6.08. The van der Waals surface area contributed by atoms with Crippen LogP contribution in [0.5, 0.6) is 0 Å². The Morgan fingerprint density at radius 2 is 1.08 bits per heavy atom. The maximum atomic E-state index is 9.87. The molecule has 0 amide bonds. The third kappa shape index (κ3) is 5.69. The monoisotopic (exact) mass is 674 g/mol. The van der Waals surface area contributed by atoms with Crippen LogP contribution in [0.15, 0.2) is 73.3 Å². The van der Waals surface area contributed by atoms with Crippen LogP contribution in [0, 0.1) is 0 Å². The first kappa shape index (κ1) is 32.7. The average Bonchev–Trinajstić information content (AvgIpc) is 3.95. The summed E-state index contributed by atoms with van der Waals surface area (Å²) in [6, 6.07) is 19.0. The van der Waals surface area contributed by atoms with E-state index in [9.17, 15) is 10.2 Å². The number of hydrogen-bond acceptors (Lipinski definition) is 10. The van der Waals surface area contributed by atoms with Gasteiger partial charge in [0.15, 0.2) is 11.6 Å². The average molecular weight is 675 g/mol. The van der Waals surface area contributed by atoms with Crippen molar-refractivity contribution in [1.82, 2.24) is 39.0 Å². The molecule has 2 aromatic carbocycles. The molecule has 256 valence electrons. The van der Waals surface area contributed by atoms with Gasteiger partial charge in [0.2, 0.25) is 0 Å². The number of hydrogen-bond donors (Lipinski definition) is 8. The van der Waals surface area contributed by atoms with Crippen LogP contribution < -0.4 is 10.6 Å². The zero-order chi connectivity index (χ0) is 35.1. The van der Waals surface area contributed by atoms with Gasteiger partial charge >= 0.3 is 0 Å².